The number of aliphatic carboxylic acids is 1. The van der Waals surface area contributed by atoms with Crippen LogP contribution in [0.3, 0.4) is 0 Å². The number of nitrogens with zero attached hydrogens (tertiary/aromatic N) is 1. The Hall–Kier alpha value is -3.39. The third-order valence-electron chi connectivity index (χ3n) is 7.46. The smallest absolute Gasteiger partial charge is 0.407 e. The minimum atomic E-state index is -1.30. The summed E-state index contributed by atoms with van der Waals surface area (Å²) in [5.41, 5.74) is 3.33. The molecule has 0 aromatic heterocycles. The van der Waals surface area contributed by atoms with Gasteiger partial charge in [0.15, 0.2) is 5.54 Å². The van der Waals surface area contributed by atoms with Crippen LogP contribution in [0.15, 0.2) is 48.5 Å². The van der Waals surface area contributed by atoms with Gasteiger partial charge in [-0.05, 0) is 34.6 Å². The number of hydrogen-bond donors (Lipinski definition) is 2. The van der Waals surface area contributed by atoms with Crippen molar-refractivity contribution < 1.29 is 29.0 Å². The summed E-state index contributed by atoms with van der Waals surface area (Å²) in [5.74, 6) is -1.59. The Morgan fingerprint density at radius 3 is 2.35 bits per heavy atom. The molecule has 2 aromatic rings. The van der Waals surface area contributed by atoms with Crippen LogP contribution in [0.2, 0.25) is 0 Å². The van der Waals surface area contributed by atoms with Gasteiger partial charge in [-0.1, -0.05) is 48.5 Å². The van der Waals surface area contributed by atoms with E-state index in [1.54, 1.807) is 0 Å². The van der Waals surface area contributed by atoms with Crippen molar-refractivity contribution in [1.82, 2.24) is 10.2 Å². The van der Waals surface area contributed by atoms with E-state index in [9.17, 15) is 19.5 Å². The topological polar surface area (TPSA) is 105 Å². The van der Waals surface area contributed by atoms with Crippen LogP contribution in [0.1, 0.15) is 29.9 Å². The number of carbonyl (C=O) groups excluding carboxylic acids is 2. The summed E-state index contributed by atoms with van der Waals surface area (Å²) in [4.78, 5) is 38.4. The molecule has 3 aliphatic rings. The lowest BCUT2D eigenvalue weighted by molar-refractivity contribution is -0.158. The van der Waals surface area contributed by atoms with Crippen molar-refractivity contribution in [1.29, 1.82) is 0 Å². The molecule has 34 heavy (non-hydrogen) atoms. The molecule has 3 atom stereocenters. The first-order valence-corrected chi connectivity index (χ1v) is 11.6. The summed E-state index contributed by atoms with van der Waals surface area (Å²) in [5, 5.41) is 12.4. The highest BCUT2D eigenvalue weighted by Gasteiger charge is 2.53. The van der Waals surface area contributed by atoms with E-state index in [1.165, 1.54) is 23.1 Å². The molecule has 2 fully saturated rings. The lowest BCUT2D eigenvalue weighted by Crippen LogP contribution is -2.56. The Morgan fingerprint density at radius 2 is 1.76 bits per heavy atom. The highest BCUT2D eigenvalue weighted by Crippen LogP contribution is 2.44. The Morgan fingerprint density at radius 1 is 1.12 bits per heavy atom. The van der Waals surface area contributed by atoms with E-state index in [4.69, 9.17) is 9.47 Å². The van der Waals surface area contributed by atoms with Crippen LogP contribution in [0.4, 0.5) is 4.79 Å². The van der Waals surface area contributed by atoms with Crippen molar-refractivity contribution in [2.75, 3.05) is 33.4 Å². The molecule has 5 rings (SSSR count). The Kier molecular flexibility index (Phi) is 5.77. The SMILES string of the molecule is CN(C(=O)C1CC1CNC(=O)OCC1c2ccccc2-c2ccccc21)C1(C(=O)O)CCOC1. The second kappa shape index (κ2) is 8.76. The molecule has 178 valence electrons. The molecule has 1 heterocycles. The number of fused-ring (bicyclic) bond motifs is 3. The van der Waals surface area contributed by atoms with Crippen LogP contribution in [-0.2, 0) is 19.1 Å². The molecule has 0 spiro atoms. The fourth-order valence-corrected chi connectivity index (χ4v) is 5.23. The first kappa shape index (κ1) is 22.4. The van der Waals surface area contributed by atoms with E-state index in [-0.39, 0.29) is 43.3 Å². The number of carbonyl (C=O) groups is 3. The second-order valence-electron chi connectivity index (χ2n) is 9.35. The number of alkyl carbamates (subject to hydrolysis) is 1. The van der Waals surface area contributed by atoms with Gasteiger partial charge in [-0.3, -0.25) is 4.79 Å². The molecule has 1 aliphatic heterocycles. The molecule has 1 saturated carbocycles. The number of nitrogens with one attached hydrogen (secondary N) is 1. The summed E-state index contributed by atoms with van der Waals surface area (Å²) in [6.45, 7) is 0.871. The van der Waals surface area contributed by atoms with E-state index in [1.807, 2.05) is 24.3 Å². The molecule has 2 aliphatic carbocycles. The minimum absolute atomic E-state index is 0.0000399. The quantitative estimate of drug-likeness (QED) is 0.653. The number of amides is 2. The van der Waals surface area contributed by atoms with E-state index < -0.39 is 17.6 Å². The Bertz CT molecular complexity index is 1080. The maximum atomic E-state index is 12.9. The van der Waals surface area contributed by atoms with Gasteiger partial charge in [-0.25, -0.2) is 9.59 Å². The van der Waals surface area contributed by atoms with Crippen molar-refractivity contribution in [3.05, 3.63) is 59.7 Å². The molecule has 8 heteroatoms. The first-order valence-electron chi connectivity index (χ1n) is 11.6. The summed E-state index contributed by atoms with van der Waals surface area (Å²) in [6, 6.07) is 16.3. The predicted octanol–water partition coefficient (Wildman–Crippen LogP) is 2.86. The van der Waals surface area contributed by atoms with Gasteiger partial charge in [0.25, 0.3) is 0 Å². The highest BCUT2D eigenvalue weighted by molar-refractivity contribution is 5.89. The van der Waals surface area contributed by atoms with Crippen LogP contribution in [0, 0.1) is 11.8 Å². The van der Waals surface area contributed by atoms with Crippen molar-refractivity contribution >= 4 is 18.0 Å². The predicted molar refractivity (Wildman–Crippen MR) is 123 cm³/mol. The average Bonchev–Trinajstić information content (AvgIpc) is 3.31. The standard InChI is InChI=1S/C26H28N2O6/c1-28(26(24(30)31)10-11-33-15-26)23(29)21-12-16(21)13-27-25(32)34-14-22-19-8-4-2-6-17(19)18-7-3-5-9-20(18)22/h2-9,16,21-22H,10-15H2,1H3,(H,27,32)(H,30,31). The molecule has 1 saturated heterocycles. The van der Waals surface area contributed by atoms with Gasteiger partial charge in [0.05, 0.1) is 6.61 Å². The fraction of sp³-hybridized carbons (Fsp3) is 0.423. The number of likely N-dealkylation sites (N-methyl/N-ethyl adjacent to an activating group) is 1. The molecule has 2 amide bonds. The van der Waals surface area contributed by atoms with Crippen LogP contribution in [0.25, 0.3) is 11.1 Å². The van der Waals surface area contributed by atoms with Crippen molar-refractivity contribution in [3.8, 4) is 11.1 Å². The normalized spacial score (nSPS) is 24.7. The van der Waals surface area contributed by atoms with Crippen molar-refractivity contribution in [2.24, 2.45) is 11.8 Å². The average molecular weight is 465 g/mol. The fourth-order valence-electron chi connectivity index (χ4n) is 5.23. The van der Waals surface area contributed by atoms with Gasteiger partial charge in [-0.15, -0.1) is 0 Å². The lowest BCUT2D eigenvalue weighted by Gasteiger charge is -2.33. The third-order valence-corrected chi connectivity index (χ3v) is 7.46. The zero-order valence-electron chi connectivity index (χ0n) is 19.0. The van der Waals surface area contributed by atoms with Crippen molar-refractivity contribution in [2.45, 2.75) is 24.3 Å². The number of carboxylic acid groups (broad SMARTS) is 1. The summed E-state index contributed by atoms with van der Waals surface area (Å²) in [6.07, 6.45) is 0.378. The number of carboxylic acids is 1. The van der Waals surface area contributed by atoms with E-state index in [0.717, 1.165) is 11.1 Å². The maximum Gasteiger partial charge on any atom is 0.407 e. The van der Waals surface area contributed by atoms with Gasteiger partial charge in [0.2, 0.25) is 5.91 Å². The van der Waals surface area contributed by atoms with Gasteiger partial charge >= 0.3 is 12.1 Å². The van der Waals surface area contributed by atoms with E-state index >= 15 is 0 Å². The zero-order valence-corrected chi connectivity index (χ0v) is 19.0. The molecule has 2 N–H and O–H groups in total. The van der Waals surface area contributed by atoms with Gasteiger partial charge < -0.3 is 24.8 Å². The van der Waals surface area contributed by atoms with Gasteiger partial charge in [0.1, 0.15) is 6.61 Å². The van der Waals surface area contributed by atoms with Crippen LogP contribution in [-0.4, -0.2) is 66.9 Å². The number of hydrogen-bond acceptors (Lipinski definition) is 5. The Labute approximate surface area is 197 Å². The molecule has 3 unspecified atom stereocenters. The molecule has 8 nitrogen and oxygen atoms in total. The van der Waals surface area contributed by atoms with E-state index in [2.05, 4.69) is 29.6 Å². The van der Waals surface area contributed by atoms with Gasteiger partial charge in [0, 0.05) is 38.5 Å². The summed E-state index contributed by atoms with van der Waals surface area (Å²) >= 11 is 0. The zero-order chi connectivity index (χ0) is 23.9. The lowest BCUT2D eigenvalue weighted by atomic mass is 9.96. The maximum absolute atomic E-state index is 12.9. The van der Waals surface area contributed by atoms with Gasteiger partial charge in [-0.2, -0.15) is 0 Å². The highest BCUT2D eigenvalue weighted by atomic mass is 16.5. The number of rotatable bonds is 7. The molecule has 2 aromatic carbocycles. The Balaban J connectivity index is 1.13. The molecular formula is C26H28N2O6. The van der Waals surface area contributed by atoms with Crippen LogP contribution >= 0.6 is 0 Å². The monoisotopic (exact) mass is 464 g/mol. The second-order valence-corrected chi connectivity index (χ2v) is 9.35. The first-order chi connectivity index (χ1) is 16.4. The largest absolute Gasteiger partial charge is 0.479 e. The molecular weight excluding hydrogens is 436 g/mol. The van der Waals surface area contributed by atoms with E-state index in [0.29, 0.717) is 19.6 Å². The molecule has 0 radical (unpaired) electrons. The third kappa shape index (κ3) is 3.81. The van der Waals surface area contributed by atoms with Crippen LogP contribution in [0.5, 0.6) is 0 Å². The van der Waals surface area contributed by atoms with Crippen molar-refractivity contribution in [3.63, 3.8) is 0 Å². The molecule has 0 bridgehead atoms. The minimum Gasteiger partial charge on any atom is -0.479 e. The summed E-state index contributed by atoms with van der Waals surface area (Å²) in [7, 11) is 1.53. The number of benzene rings is 2. The summed E-state index contributed by atoms with van der Waals surface area (Å²) < 4.78 is 10.8. The van der Waals surface area contributed by atoms with Crippen LogP contribution < -0.4 is 5.32 Å². The number of ether oxygens (including phenoxy) is 2.